The van der Waals surface area contributed by atoms with Crippen LogP contribution in [-0.2, 0) is 4.74 Å². The summed E-state index contributed by atoms with van der Waals surface area (Å²) in [6.45, 7) is 5.49. The van der Waals surface area contributed by atoms with Crippen molar-refractivity contribution in [1.29, 1.82) is 0 Å². The molecule has 21 heavy (non-hydrogen) atoms. The minimum atomic E-state index is -0.372. The summed E-state index contributed by atoms with van der Waals surface area (Å²) in [7, 11) is 0. The largest absolute Gasteiger partial charge is 0.462 e. The Balaban J connectivity index is 2.26. The lowest BCUT2D eigenvalue weighted by molar-refractivity contribution is 0.0505. The maximum Gasteiger partial charge on any atom is 0.338 e. The summed E-state index contributed by atoms with van der Waals surface area (Å²) in [6.07, 6.45) is 4.30. The minimum Gasteiger partial charge on any atom is -0.462 e. The molecular formula is C16H23ClN2O2. The third kappa shape index (κ3) is 3.62. The topological polar surface area (TPSA) is 55.6 Å². The van der Waals surface area contributed by atoms with Crippen LogP contribution in [0.2, 0.25) is 5.02 Å². The smallest absolute Gasteiger partial charge is 0.338 e. The Bertz CT molecular complexity index is 496. The second kappa shape index (κ2) is 7.03. The minimum absolute atomic E-state index is 0.372. The number of piperidine rings is 1. The van der Waals surface area contributed by atoms with Gasteiger partial charge in [-0.3, -0.25) is 0 Å². The summed E-state index contributed by atoms with van der Waals surface area (Å²) >= 11 is 6.38. The molecular weight excluding hydrogens is 288 g/mol. The van der Waals surface area contributed by atoms with E-state index in [1.165, 1.54) is 6.42 Å². The summed E-state index contributed by atoms with van der Waals surface area (Å²) in [5.41, 5.74) is 7.95. The van der Waals surface area contributed by atoms with Crippen LogP contribution in [0.1, 0.15) is 49.9 Å². The Morgan fingerprint density at radius 2 is 2.24 bits per heavy atom. The fraction of sp³-hybridized carbons (Fsp3) is 0.562. The van der Waals surface area contributed by atoms with Crippen LogP contribution < -0.4 is 10.6 Å². The highest BCUT2D eigenvalue weighted by molar-refractivity contribution is 6.34. The average molecular weight is 311 g/mol. The van der Waals surface area contributed by atoms with E-state index in [4.69, 9.17) is 22.1 Å². The SMILES string of the molecule is CCCOC(=O)c1cc(N)c(N2CCCCC2C)c(Cl)c1. The molecule has 2 N–H and O–H groups in total. The van der Waals surface area contributed by atoms with E-state index in [1.807, 2.05) is 6.92 Å². The van der Waals surface area contributed by atoms with Crippen molar-refractivity contribution >= 4 is 28.9 Å². The highest BCUT2D eigenvalue weighted by Crippen LogP contribution is 2.37. The predicted molar refractivity (Wildman–Crippen MR) is 87.1 cm³/mol. The van der Waals surface area contributed by atoms with E-state index in [0.717, 1.165) is 31.5 Å². The number of hydrogen-bond acceptors (Lipinski definition) is 4. The molecule has 1 unspecified atom stereocenters. The quantitative estimate of drug-likeness (QED) is 0.677. The summed E-state index contributed by atoms with van der Waals surface area (Å²) in [6, 6.07) is 3.74. The van der Waals surface area contributed by atoms with Gasteiger partial charge in [0.1, 0.15) is 0 Å². The van der Waals surface area contributed by atoms with Crippen LogP contribution in [0.15, 0.2) is 12.1 Å². The maximum atomic E-state index is 11.9. The van der Waals surface area contributed by atoms with Crippen molar-refractivity contribution in [2.45, 2.75) is 45.6 Å². The molecule has 0 aromatic heterocycles. The van der Waals surface area contributed by atoms with Gasteiger partial charge < -0.3 is 15.4 Å². The summed E-state index contributed by atoms with van der Waals surface area (Å²) in [4.78, 5) is 14.1. The molecule has 1 aliphatic heterocycles. The summed E-state index contributed by atoms with van der Waals surface area (Å²) in [5.74, 6) is -0.372. The Morgan fingerprint density at radius 3 is 2.86 bits per heavy atom. The normalized spacial score (nSPS) is 18.6. The lowest BCUT2D eigenvalue weighted by atomic mass is 10.0. The van der Waals surface area contributed by atoms with Crippen molar-refractivity contribution in [1.82, 2.24) is 0 Å². The van der Waals surface area contributed by atoms with Gasteiger partial charge in [-0.1, -0.05) is 18.5 Å². The summed E-state index contributed by atoms with van der Waals surface area (Å²) in [5, 5.41) is 0.521. The number of halogens is 1. The van der Waals surface area contributed by atoms with E-state index in [9.17, 15) is 4.79 Å². The number of carbonyl (C=O) groups is 1. The van der Waals surface area contributed by atoms with Crippen molar-refractivity contribution in [3.8, 4) is 0 Å². The van der Waals surface area contributed by atoms with Gasteiger partial charge in [0.15, 0.2) is 0 Å². The lowest BCUT2D eigenvalue weighted by Gasteiger charge is -2.36. The second-order valence-corrected chi connectivity index (χ2v) is 5.98. The van der Waals surface area contributed by atoms with E-state index in [1.54, 1.807) is 12.1 Å². The number of hydrogen-bond donors (Lipinski definition) is 1. The van der Waals surface area contributed by atoms with Gasteiger partial charge in [-0.05, 0) is 44.7 Å². The molecule has 1 atom stereocenters. The Kier molecular flexibility index (Phi) is 5.34. The first-order valence-corrected chi connectivity index (χ1v) is 7.95. The number of benzene rings is 1. The van der Waals surface area contributed by atoms with Crippen LogP contribution in [0.5, 0.6) is 0 Å². The zero-order valence-corrected chi connectivity index (χ0v) is 13.4. The second-order valence-electron chi connectivity index (χ2n) is 5.57. The first-order valence-electron chi connectivity index (χ1n) is 7.57. The van der Waals surface area contributed by atoms with Crippen molar-refractivity contribution in [2.75, 3.05) is 23.8 Å². The first-order chi connectivity index (χ1) is 10.0. The maximum absolute atomic E-state index is 11.9. The monoisotopic (exact) mass is 310 g/mol. The standard InChI is InChI=1S/C16H23ClN2O2/c1-3-8-21-16(20)12-9-13(17)15(14(18)10-12)19-7-5-4-6-11(19)2/h9-11H,3-8,18H2,1-2H3. The number of ether oxygens (including phenoxy) is 1. The first kappa shape index (κ1) is 16.0. The van der Waals surface area contributed by atoms with Gasteiger partial charge in [-0.15, -0.1) is 0 Å². The Hall–Kier alpha value is -1.42. The van der Waals surface area contributed by atoms with Gasteiger partial charge in [-0.2, -0.15) is 0 Å². The molecule has 1 aromatic carbocycles. The number of nitrogen functional groups attached to an aromatic ring is 1. The van der Waals surface area contributed by atoms with E-state index < -0.39 is 0 Å². The molecule has 0 radical (unpaired) electrons. The third-order valence-electron chi connectivity index (χ3n) is 3.86. The zero-order valence-electron chi connectivity index (χ0n) is 12.7. The predicted octanol–water partition coefficient (Wildman–Crippen LogP) is 3.87. The summed E-state index contributed by atoms with van der Waals surface area (Å²) < 4.78 is 5.13. The van der Waals surface area contributed by atoms with E-state index in [0.29, 0.717) is 28.9 Å². The number of nitrogens with two attached hydrogens (primary N) is 1. The van der Waals surface area contributed by atoms with E-state index >= 15 is 0 Å². The molecule has 1 fully saturated rings. The van der Waals surface area contributed by atoms with Crippen molar-refractivity contribution < 1.29 is 9.53 Å². The molecule has 1 saturated heterocycles. The molecule has 1 aromatic rings. The Labute approximate surface area is 131 Å². The number of esters is 1. The van der Waals surface area contributed by atoms with Crippen LogP contribution in [0.25, 0.3) is 0 Å². The van der Waals surface area contributed by atoms with Crippen molar-refractivity contribution in [3.05, 3.63) is 22.7 Å². The number of rotatable bonds is 4. The van der Waals surface area contributed by atoms with E-state index in [2.05, 4.69) is 11.8 Å². The van der Waals surface area contributed by atoms with Crippen LogP contribution >= 0.6 is 11.6 Å². The molecule has 5 heteroatoms. The van der Waals surface area contributed by atoms with Gasteiger partial charge >= 0.3 is 5.97 Å². The zero-order chi connectivity index (χ0) is 15.4. The average Bonchev–Trinajstić information content (AvgIpc) is 2.45. The molecule has 0 bridgehead atoms. The van der Waals surface area contributed by atoms with Crippen LogP contribution in [0, 0.1) is 0 Å². The van der Waals surface area contributed by atoms with Crippen LogP contribution in [0.4, 0.5) is 11.4 Å². The fourth-order valence-electron chi connectivity index (χ4n) is 2.75. The molecule has 4 nitrogen and oxygen atoms in total. The molecule has 0 amide bonds. The highest BCUT2D eigenvalue weighted by atomic mass is 35.5. The van der Waals surface area contributed by atoms with Crippen molar-refractivity contribution in [3.63, 3.8) is 0 Å². The van der Waals surface area contributed by atoms with Crippen molar-refractivity contribution in [2.24, 2.45) is 0 Å². The van der Waals surface area contributed by atoms with Crippen LogP contribution in [-0.4, -0.2) is 25.2 Å². The van der Waals surface area contributed by atoms with Gasteiger partial charge in [-0.25, -0.2) is 4.79 Å². The molecule has 2 rings (SSSR count). The fourth-order valence-corrected chi connectivity index (χ4v) is 3.08. The molecule has 116 valence electrons. The van der Waals surface area contributed by atoms with Gasteiger partial charge in [0.25, 0.3) is 0 Å². The number of carbonyl (C=O) groups excluding carboxylic acids is 1. The van der Waals surface area contributed by atoms with E-state index in [-0.39, 0.29) is 5.97 Å². The Morgan fingerprint density at radius 1 is 1.48 bits per heavy atom. The molecule has 0 saturated carbocycles. The van der Waals surface area contributed by atoms with Gasteiger partial charge in [0, 0.05) is 12.6 Å². The molecule has 1 aliphatic rings. The highest BCUT2D eigenvalue weighted by Gasteiger charge is 2.24. The third-order valence-corrected chi connectivity index (χ3v) is 4.14. The van der Waals surface area contributed by atoms with Crippen LogP contribution in [0.3, 0.4) is 0 Å². The lowest BCUT2D eigenvalue weighted by Crippen LogP contribution is -2.38. The number of nitrogens with zero attached hydrogens (tertiary/aromatic N) is 1. The molecule has 0 spiro atoms. The number of anilines is 2. The van der Waals surface area contributed by atoms with Gasteiger partial charge in [0.2, 0.25) is 0 Å². The molecule has 0 aliphatic carbocycles. The molecule has 1 heterocycles. The van der Waals surface area contributed by atoms with Gasteiger partial charge in [0.05, 0.1) is 28.6 Å².